The minimum Gasteiger partial charge on any atom is -0.392 e. The molecular weight excluding hydrogens is 244 g/mol. The van der Waals surface area contributed by atoms with Crippen molar-refractivity contribution in [2.24, 2.45) is 5.73 Å². The number of hydrogen-bond acceptors (Lipinski definition) is 3. The fourth-order valence-corrected chi connectivity index (χ4v) is 2.06. The second-order valence-electron chi connectivity index (χ2n) is 4.72. The molecule has 1 unspecified atom stereocenters. The molecule has 0 radical (unpaired) electrons. The quantitative estimate of drug-likeness (QED) is 0.735. The van der Waals surface area contributed by atoms with E-state index in [1.54, 1.807) is 0 Å². The van der Waals surface area contributed by atoms with Crippen LogP contribution < -0.4 is 5.73 Å². The van der Waals surface area contributed by atoms with Gasteiger partial charge in [0.1, 0.15) is 0 Å². The highest BCUT2D eigenvalue weighted by atomic mass is 32.1. The molecule has 102 valence electrons. The summed E-state index contributed by atoms with van der Waals surface area (Å²) in [4.78, 5) is 2.79. The lowest BCUT2D eigenvalue weighted by Crippen LogP contribution is -2.33. The number of thiocarbonyl (C=S) groups is 1. The second-order valence-corrected chi connectivity index (χ2v) is 5.25. The third-order valence-corrected chi connectivity index (χ3v) is 3.14. The Kier molecular flexibility index (Phi) is 6.29. The van der Waals surface area contributed by atoms with Crippen molar-refractivity contribution in [1.82, 2.24) is 14.7 Å². The Hall–Kier alpha value is -0.940. The number of hydrogen-bond donors (Lipinski definition) is 1. The van der Waals surface area contributed by atoms with Crippen molar-refractivity contribution in [3.05, 3.63) is 18.0 Å². The monoisotopic (exact) mass is 268 g/mol. The first-order chi connectivity index (χ1) is 8.56. The molecule has 1 heterocycles. The normalized spacial score (nSPS) is 12.9. The molecule has 2 N–H and O–H groups in total. The van der Waals surface area contributed by atoms with Gasteiger partial charge in [-0.2, -0.15) is 5.10 Å². The molecule has 5 heteroatoms. The lowest BCUT2D eigenvalue weighted by atomic mass is 10.3. The Morgan fingerprint density at radius 1 is 1.56 bits per heavy atom. The molecule has 4 nitrogen and oxygen atoms in total. The zero-order valence-corrected chi connectivity index (χ0v) is 12.4. The van der Waals surface area contributed by atoms with Gasteiger partial charge in [0.2, 0.25) is 0 Å². The third kappa shape index (κ3) is 4.74. The van der Waals surface area contributed by atoms with Crippen LogP contribution in [-0.4, -0.2) is 32.8 Å². The van der Waals surface area contributed by atoms with Crippen molar-refractivity contribution < 1.29 is 0 Å². The van der Waals surface area contributed by atoms with E-state index in [-0.39, 0.29) is 0 Å². The molecule has 0 spiro atoms. The summed E-state index contributed by atoms with van der Waals surface area (Å²) in [7, 11) is 0. The molecule has 0 aliphatic carbocycles. The van der Waals surface area contributed by atoms with Gasteiger partial charge in [-0.25, -0.2) is 0 Å². The molecule has 1 aromatic heterocycles. The van der Waals surface area contributed by atoms with Crippen LogP contribution in [0.15, 0.2) is 12.3 Å². The van der Waals surface area contributed by atoms with Gasteiger partial charge in [-0.3, -0.25) is 9.58 Å². The van der Waals surface area contributed by atoms with Crippen LogP contribution in [-0.2, 0) is 6.54 Å². The molecule has 1 aromatic rings. The molecule has 0 saturated carbocycles. The Balaban J connectivity index is 2.62. The molecule has 1 atom stereocenters. The first kappa shape index (κ1) is 15.1. The number of nitrogens with zero attached hydrogens (tertiary/aromatic N) is 3. The maximum absolute atomic E-state index is 5.62. The van der Waals surface area contributed by atoms with Crippen LogP contribution in [0, 0.1) is 0 Å². The predicted octanol–water partition coefficient (Wildman–Crippen LogP) is 2.35. The maximum atomic E-state index is 5.62. The van der Waals surface area contributed by atoms with Crippen molar-refractivity contribution in [2.45, 2.75) is 46.2 Å². The predicted molar refractivity (Wildman–Crippen MR) is 79.6 cm³/mol. The molecule has 0 amide bonds. The molecule has 0 aliphatic heterocycles. The highest BCUT2D eigenvalue weighted by Gasteiger charge is 2.10. The zero-order chi connectivity index (χ0) is 13.5. The van der Waals surface area contributed by atoms with E-state index in [4.69, 9.17) is 18.0 Å². The number of nitrogens with two attached hydrogens (primary N) is 1. The van der Waals surface area contributed by atoms with Crippen LogP contribution in [0.1, 0.15) is 45.3 Å². The van der Waals surface area contributed by atoms with E-state index in [1.165, 1.54) is 0 Å². The molecular formula is C13H24N4S. The summed E-state index contributed by atoms with van der Waals surface area (Å²) in [5.74, 6) is 0. The Labute approximate surface area is 115 Å². The van der Waals surface area contributed by atoms with Gasteiger partial charge in [-0.05, 0) is 32.4 Å². The summed E-state index contributed by atoms with van der Waals surface area (Å²) in [6, 6.07) is 2.53. The molecule has 0 aromatic carbocycles. The van der Waals surface area contributed by atoms with Crippen molar-refractivity contribution in [2.75, 3.05) is 13.1 Å². The molecule has 0 saturated heterocycles. The first-order valence-corrected chi connectivity index (χ1v) is 7.02. The van der Waals surface area contributed by atoms with Gasteiger partial charge in [0.15, 0.2) is 0 Å². The summed E-state index contributed by atoms with van der Waals surface area (Å²) >= 11 is 4.98. The molecule has 1 rings (SSSR count). The van der Waals surface area contributed by atoms with E-state index in [1.807, 2.05) is 10.9 Å². The van der Waals surface area contributed by atoms with Crippen molar-refractivity contribution in [3.8, 4) is 0 Å². The third-order valence-electron chi connectivity index (χ3n) is 3.01. The van der Waals surface area contributed by atoms with Crippen LogP contribution in [0.3, 0.4) is 0 Å². The van der Waals surface area contributed by atoms with E-state index in [0.29, 0.717) is 17.6 Å². The van der Waals surface area contributed by atoms with Gasteiger partial charge >= 0.3 is 0 Å². The standard InChI is InChI=1S/C13H24N4S/c1-4-7-16(10-13(14)18)9-12-6-8-17(15-12)11(3)5-2/h6,8,11H,4-5,7,9-10H2,1-3H3,(H2,14,18). The largest absolute Gasteiger partial charge is 0.392 e. The van der Waals surface area contributed by atoms with E-state index < -0.39 is 0 Å². The van der Waals surface area contributed by atoms with Gasteiger partial charge in [-0.15, -0.1) is 0 Å². The van der Waals surface area contributed by atoms with Gasteiger partial charge in [0.25, 0.3) is 0 Å². The van der Waals surface area contributed by atoms with E-state index in [0.717, 1.165) is 31.6 Å². The lowest BCUT2D eigenvalue weighted by Gasteiger charge is -2.19. The number of aromatic nitrogens is 2. The van der Waals surface area contributed by atoms with Crippen LogP contribution in [0.2, 0.25) is 0 Å². The smallest absolute Gasteiger partial charge is 0.0870 e. The molecule has 0 fully saturated rings. The van der Waals surface area contributed by atoms with Gasteiger partial charge in [0, 0.05) is 25.3 Å². The van der Waals surface area contributed by atoms with Gasteiger partial charge in [-0.1, -0.05) is 26.1 Å². The minimum atomic E-state index is 0.453. The Morgan fingerprint density at radius 2 is 2.28 bits per heavy atom. The topological polar surface area (TPSA) is 47.1 Å². The first-order valence-electron chi connectivity index (χ1n) is 6.61. The van der Waals surface area contributed by atoms with E-state index in [2.05, 4.69) is 36.8 Å². The van der Waals surface area contributed by atoms with E-state index >= 15 is 0 Å². The van der Waals surface area contributed by atoms with Crippen LogP contribution >= 0.6 is 12.2 Å². The van der Waals surface area contributed by atoms with Gasteiger partial charge in [0.05, 0.1) is 10.7 Å². The average Bonchev–Trinajstić information content (AvgIpc) is 2.76. The molecule has 0 bridgehead atoms. The zero-order valence-electron chi connectivity index (χ0n) is 11.6. The molecule has 0 aliphatic rings. The van der Waals surface area contributed by atoms with Gasteiger partial charge < -0.3 is 5.73 Å². The maximum Gasteiger partial charge on any atom is 0.0870 e. The summed E-state index contributed by atoms with van der Waals surface area (Å²) in [6.07, 6.45) is 4.23. The fraction of sp³-hybridized carbons (Fsp3) is 0.692. The average molecular weight is 268 g/mol. The van der Waals surface area contributed by atoms with Crippen molar-refractivity contribution >= 4 is 17.2 Å². The van der Waals surface area contributed by atoms with Crippen molar-refractivity contribution in [3.63, 3.8) is 0 Å². The Bertz CT molecular complexity index is 375. The summed E-state index contributed by atoms with van der Waals surface area (Å²) in [6.45, 7) is 8.98. The molecule has 18 heavy (non-hydrogen) atoms. The lowest BCUT2D eigenvalue weighted by molar-refractivity contribution is 0.298. The summed E-state index contributed by atoms with van der Waals surface area (Å²) < 4.78 is 2.03. The summed E-state index contributed by atoms with van der Waals surface area (Å²) in [5.41, 5.74) is 6.70. The highest BCUT2D eigenvalue weighted by Crippen LogP contribution is 2.10. The fourth-order valence-electron chi connectivity index (χ4n) is 1.87. The SMILES string of the molecule is CCCN(CC(N)=S)Cc1ccn(C(C)CC)n1. The van der Waals surface area contributed by atoms with Crippen LogP contribution in [0.25, 0.3) is 0 Å². The van der Waals surface area contributed by atoms with Crippen LogP contribution in [0.5, 0.6) is 0 Å². The Morgan fingerprint density at radius 3 is 2.83 bits per heavy atom. The highest BCUT2D eigenvalue weighted by molar-refractivity contribution is 7.80. The van der Waals surface area contributed by atoms with Crippen molar-refractivity contribution in [1.29, 1.82) is 0 Å². The number of rotatable bonds is 8. The second kappa shape index (κ2) is 7.48. The minimum absolute atomic E-state index is 0.453. The van der Waals surface area contributed by atoms with Crippen LogP contribution in [0.4, 0.5) is 0 Å². The van der Waals surface area contributed by atoms with E-state index in [9.17, 15) is 0 Å². The summed E-state index contributed by atoms with van der Waals surface area (Å²) in [5, 5.41) is 4.60.